The lowest BCUT2D eigenvalue weighted by Crippen LogP contribution is -2.19. The number of hydrogen-bond acceptors (Lipinski definition) is 4. The molecule has 6 heteroatoms. The summed E-state index contributed by atoms with van der Waals surface area (Å²) in [7, 11) is 1.26. The minimum absolute atomic E-state index is 0.0905. The van der Waals surface area contributed by atoms with Crippen LogP contribution in [0.5, 0.6) is 0 Å². The van der Waals surface area contributed by atoms with E-state index in [1.165, 1.54) is 7.11 Å². The van der Waals surface area contributed by atoms with Crippen LogP contribution in [0.15, 0.2) is 30.3 Å². The van der Waals surface area contributed by atoms with Crippen molar-refractivity contribution in [1.82, 2.24) is 0 Å². The van der Waals surface area contributed by atoms with Gasteiger partial charge in [0.25, 0.3) is 0 Å². The monoisotopic (exact) mass is 290 g/mol. The predicted molar refractivity (Wildman–Crippen MR) is 67.4 cm³/mol. The molecular formula is C12H12Cl2O4. The van der Waals surface area contributed by atoms with Gasteiger partial charge in [-0.15, -0.1) is 0 Å². The van der Waals surface area contributed by atoms with Crippen LogP contribution in [-0.2, 0) is 19.1 Å². The van der Waals surface area contributed by atoms with E-state index in [1.807, 2.05) is 6.07 Å². The largest absolute Gasteiger partial charge is 0.469 e. The molecule has 0 aliphatic rings. The van der Waals surface area contributed by atoms with Gasteiger partial charge in [-0.3, -0.25) is 4.79 Å². The third kappa shape index (κ3) is 4.55. The summed E-state index contributed by atoms with van der Waals surface area (Å²) in [6.07, 6.45) is -0.849. The maximum Gasteiger partial charge on any atom is 0.340 e. The summed E-state index contributed by atoms with van der Waals surface area (Å²) in [5.74, 6) is -1.28. The van der Waals surface area contributed by atoms with Crippen molar-refractivity contribution in [1.29, 1.82) is 0 Å². The highest BCUT2D eigenvalue weighted by atomic mass is 35.5. The molecule has 0 radical (unpaired) electrons. The minimum Gasteiger partial charge on any atom is -0.469 e. The minimum atomic E-state index is -1.28. The Morgan fingerprint density at radius 3 is 2.33 bits per heavy atom. The maximum atomic E-state index is 11.4. The molecule has 0 aliphatic carbocycles. The fraction of sp³-hybridized carbons (Fsp3) is 0.333. The van der Waals surface area contributed by atoms with Crippen LogP contribution in [0.4, 0.5) is 0 Å². The van der Waals surface area contributed by atoms with Gasteiger partial charge in [0.2, 0.25) is 4.84 Å². The van der Waals surface area contributed by atoms with E-state index in [9.17, 15) is 9.59 Å². The number of carbonyl (C=O) groups excluding carboxylic acids is 2. The molecule has 1 rings (SSSR count). The standard InChI is InChI=1S/C12H12Cl2O4/c1-17-10(15)7-9(18-12(16)11(13)14)8-5-3-2-4-6-8/h2-6,9,11H,7H2,1H3. The number of ether oxygens (including phenoxy) is 2. The van der Waals surface area contributed by atoms with Crippen molar-refractivity contribution >= 4 is 35.1 Å². The van der Waals surface area contributed by atoms with Crippen LogP contribution < -0.4 is 0 Å². The molecule has 0 saturated carbocycles. The van der Waals surface area contributed by atoms with Gasteiger partial charge >= 0.3 is 11.9 Å². The van der Waals surface area contributed by atoms with E-state index in [0.29, 0.717) is 5.56 Å². The summed E-state index contributed by atoms with van der Waals surface area (Å²) in [4.78, 5) is 21.3. The second-order valence-corrected chi connectivity index (χ2v) is 4.51. The first-order valence-corrected chi connectivity index (χ1v) is 6.02. The van der Waals surface area contributed by atoms with Gasteiger partial charge in [0.15, 0.2) is 0 Å². The van der Waals surface area contributed by atoms with Crippen molar-refractivity contribution in [3.05, 3.63) is 35.9 Å². The third-order valence-corrected chi connectivity index (χ3v) is 2.54. The number of rotatable bonds is 5. The van der Waals surface area contributed by atoms with Crippen molar-refractivity contribution in [3.63, 3.8) is 0 Å². The highest BCUT2D eigenvalue weighted by Gasteiger charge is 2.23. The Hall–Kier alpha value is -1.26. The molecule has 0 heterocycles. The van der Waals surface area contributed by atoms with E-state index in [-0.39, 0.29) is 6.42 Å². The Morgan fingerprint density at radius 2 is 1.83 bits per heavy atom. The average Bonchev–Trinajstić information content (AvgIpc) is 2.38. The molecule has 4 nitrogen and oxygen atoms in total. The van der Waals surface area contributed by atoms with Crippen molar-refractivity contribution in [2.45, 2.75) is 17.4 Å². The Balaban J connectivity index is 2.82. The number of carbonyl (C=O) groups is 2. The van der Waals surface area contributed by atoms with Gasteiger partial charge in [0.1, 0.15) is 6.10 Å². The van der Waals surface area contributed by atoms with Gasteiger partial charge < -0.3 is 9.47 Å². The predicted octanol–water partition coefficient (Wildman–Crippen LogP) is 2.64. The number of halogens is 2. The zero-order valence-corrected chi connectivity index (χ0v) is 11.1. The van der Waals surface area contributed by atoms with E-state index >= 15 is 0 Å². The van der Waals surface area contributed by atoms with Crippen LogP contribution in [0.2, 0.25) is 0 Å². The first-order valence-electron chi connectivity index (χ1n) is 5.15. The van der Waals surface area contributed by atoms with Crippen molar-refractivity contribution in [3.8, 4) is 0 Å². The van der Waals surface area contributed by atoms with Crippen molar-refractivity contribution in [2.75, 3.05) is 7.11 Å². The molecule has 0 saturated heterocycles. The average molecular weight is 291 g/mol. The number of hydrogen-bond donors (Lipinski definition) is 0. The van der Waals surface area contributed by atoms with Crippen LogP contribution in [-0.4, -0.2) is 23.9 Å². The van der Waals surface area contributed by atoms with Crippen LogP contribution in [0.1, 0.15) is 18.1 Å². The Morgan fingerprint density at radius 1 is 1.22 bits per heavy atom. The van der Waals surface area contributed by atoms with E-state index in [0.717, 1.165) is 0 Å². The van der Waals surface area contributed by atoms with E-state index in [4.69, 9.17) is 27.9 Å². The van der Waals surface area contributed by atoms with Crippen LogP contribution >= 0.6 is 23.2 Å². The van der Waals surface area contributed by atoms with Crippen molar-refractivity contribution < 1.29 is 19.1 Å². The highest BCUT2D eigenvalue weighted by molar-refractivity contribution is 6.52. The van der Waals surface area contributed by atoms with Gasteiger partial charge in [-0.1, -0.05) is 53.5 Å². The van der Waals surface area contributed by atoms with Crippen LogP contribution in [0.3, 0.4) is 0 Å². The molecule has 0 aromatic heterocycles. The first-order chi connectivity index (χ1) is 8.54. The molecule has 98 valence electrons. The first kappa shape index (κ1) is 14.8. The summed E-state index contributed by atoms with van der Waals surface area (Å²) >= 11 is 10.8. The molecule has 0 aliphatic heterocycles. The molecule has 0 spiro atoms. The smallest absolute Gasteiger partial charge is 0.340 e. The van der Waals surface area contributed by atoms with Gasteiger partial charge in [0.05, 0.1) is 13.5 Å². The van der Waals surface area contributed by atoms with Gasteiger partial charge in [-0.05, 0) is 5.56 Å². The normalized spacial score (nSPS) is 12.0. The summed E-state index contributed by atoms with van der Waals surface area (Å²) in [6, 6.07) is 8.82. The molecule has 0 bridgehead atoms. The van der Waals surface area contributed by atoms with E-state index in [1.54, 1.807) is 24.3 Å². The van der Waals surface area contributed by atoms with E-state index in [2.05, 4.69) is 4.74 Å². The van der Waals surface area contributed by atoms with Crippen LogP contribution in [0, 0.1) is 0 Å². The molecule has 1 aromatic carbocycles. The summed E-state index contributed by atoms with van der Waals surface area (Å²) in [5.41, 5.74) is 0.672. The Bertz CT molecular complexity index is 406. The molecule has 0 N–H and O–H groups in total. The number of alkyl halides is 2. The quantitative estimate of drug-likeness (QED) is 0.618. The van der Waals surface area contributed by atoms with Crippen molar-refractivity contribution in [2.24, 2.45) is 0 Å². The number of benzene rings is 1. The topological polar surface area (TPSA) is 52.6 Å². The Labute approximate surface area is 115 Å². The summed E-state index contributed by atoms with van der Waals surface area (Å²) in [6.45, 7) is 0. The Kier molecular flexibility index (Phi) is 5.95. The molecule has 1 unspecified atom stereocenters. The highest BCUT2D eigenvalue weighted by Crippen LogP contribution is 2.23. The summed E-state index contributed by atoms with van der Waals surface area (Å²) in [5, 5.41) is 0. The summed E-state index contributed by atoms with van der Waals surface area (Å²) < 4.78 is 9.61. The molecular weight excluding hydrogens is 279 g/mol. The zero-order valence-electron chi connectivity index (χ0n) is 9.64. The second kappa shape index (κ2) is 7.24. The number of methoxy groups -OCH3 is 1. The SMILES string of the molecule is COC(=O)CC(OC(=O)C(Cl)Cl)c1ccccc1. The zero-order chi connectivity index (χ0) is 13.5. The maximum absolute atomic E-state index is 11.4. The van der Waals surface area contributed by atoms with Gasteiger partial charge in [0, 0.05) is 0 Å². The van der Waals surface area contributed by atoms with Gasteiger partial charge in [-0.25, -0.2) is 4.79 Å². The second-order valence-electron chi connectivity index (χ2n) is 3.42. The third-order valence-electron chi connectivity index (χ3n) is 2.19. The fourth-order valence-corrected chi connectivity index (χ4v) is 1.42. The molecule has 18 heavy (non-hydrogen) atoms. The molecule has 0 fully saturated rings. The van der Waals surface area contributed by atoms with Gasteiger partial charge in [-0.2, -0.15) is 0 Å². The fourth-order valence-electron chi connectivity index (χ4n) is 1.32. The lowest BCUT2D eigenvalue weighted by Gasteiger charge is -2.17. The number of esters is 2. The molecule has 1 aromatic rings. The molecule has 1 atom stereocenters. The lowest BCUT2D eigenvalue weighted by molar-refractivity contribution is -0.153. The van der Waals surface area contributed by atoms with E-state index < -0.39 is 22.9 Å². The van der Waals surface area contributed by atoms with Crippen LogP contribution in [0.25, 0.3) is 0 Å². The molecule has 0 amide bonds. The lowest BCUT2D eigenvalue weighted by atomic mass is 10.1.